The quantitative estimate of drug-likeness (QED) is 0.309. The van der Waals surface area contributed by atoms with Crippen molar-refractivity contribution in [2.24, 2.45) is 0 Å². The molecule has 156 valence electrons. The molecule has 2 aromatic carbocycles. The molecule has 0 aliphatic carbocycles. The second-order valence-electron chi connectivity index (χ2n) is 6.37. The molecule has 0 bridgehead atoms. The van der Waals surface area contributed by atoms with Gasteiger partial charge >= 0.3 is 5.69 Å². The Morgan fingerprint density at radius 2 is 2.07 bits per heavy atom. The number of aromatic nitrogens is 3. The number of benzene rings is 2. The number of rotatable bonds is 8. The summed E-state index contributed by atoms with van der Waals surface area (Å²) in [6.45, 7) is 2.09. The average molecular weight is 448 g/mol. The molecular weight excluding hydrogens is 430 g/mol. The van der Waals surface area contributed by atoms with E-state index in [1.807, 2.05) is 30.3 Å². The smallest absolute Gasteiger partial charge is 0.324 e. The Labute approximate surface area is 180 Å². The summed E-state index contributed by atoms with van der Waals surface area (Å²) < 4.78 is 1.49. The third-order valence-electron chi connectivity index (χ3n) is 4.26. The van der Waals surface area contributed by atoms with E-state index in [1.54, 1.807) is 6.92 Å². The van der Waals surface area contributed by atoms with Crippen LogP contribution in [0.2, 0.25) is 5.02 Å². The number of amides is 1. The van der Waals surface area contributed by atoms with Crippen LogP contribution >= 0.6 is 23.4 Å². The van der Waals surface area contributed by atoms with Crippen LogP contribution in [0.4, 0.5) is 11.4 Å². The second kappa shape index (κ2) is 9.59. The van der Waals surface area contributed by atoms with E-state index in [9.17, 15) is 19.7 Å². The largest absolute Gasteiger partial charge is 0.343 e. The maximum absolute atomic E-state index is 12.5. The van der Waals surface area contributed by atoms with Crippen molar-refractivity contribution in [2.75, 3.05) is 5.32 Å². The first-order valence-electron chi connectivity index (χ1n) is 8.95. The first kappa shape index (κ1) is 21.6. The van der Waals surface area contributed by atoms with Gasteiger partial charge in [0.05, 0.1) is 20.9 Å². The highest BCUT2D eigenvalue weighted by Crippen LogP contribution is 2.28. The van der Waals surface area contributed by atoms with Gasteiger partial charge in [0.2, 0.25) is 5.91 Å². The maximum atomic E-state index is 12.5. The van der Waals surface area contributed by atoms with E-state index in [1.165, 1.54) is 22.8 Å². The number of aromatic amines is 1. The van der Waals surface area contributed by atoms with Gasteiger partial charge in [-0.15, -0.1) is 5.10 Å². The number of aryl methyl sites for hydroxylation is 1. The van der Waals surface area contributed by atoms with Crippen LogP contribution in [-0.2, 0) is 17.8 Å². The summed E-state index contributed by atoms with van der Waals surface area (Å²) in [6.07, 6.45) is 0.646. The monoisotopic (exact) mass is 447 g/mol. The first-order valence-corrected chi connectivity index (χ1v) is 10.2. The summed E-state index contributed by atoms with van der Waals surface area (Å²) in [4.78, 5) is 34.9. The lowest BCUT2D eigenvalue weighted by molar-refractivity contribution is -0.384. The SMILES string of the molecule is CC(Sc1n[nH]c(=O)n1CCc1ccccc1)C(=O)Nc1ccc([N+](=O)[O-])cc1Cl. The Kier molecular flexibility index (Phi) is 6.91. The predicted octanol–water partition coefficient (Wildman–Crippen LogP) is 3.50. The van der Waals surface area contributed by atoms with Crippen molar-refractivity contribution in [1.29, 1.82) is 0 Å². The van der Waals surface area contributed by atoms with Crippen LogP contribution in [0.15, 0.2) is 58.5 Å². The molecule has 2 N–H and O–H groups in total. The first-order chi connectivity index (χ1) is 14.3. The van der Waals surface area contributed by atoms with E-state index < -0.39 is 10.2 Å². The van der Waals surface area contributed by atoms with Gasteiger partial charge in [-0.25, -0.2) is 9.89 Å². The molecule has 30 heavy (non-hydrogen) atoms. The molecule has 1 heterocycles. The summed E-state index contributed by atoms with van der Waals surface area (Å²) in [5.74, 6) is -0.374. The number of halogens is 1. The molecule has 0 aliphatic rings. The highest BCUT2D eigenvalue weighted by Gasteiger charge is 2.20. The van der Waals surface area contributed by atoms with Gasteiger partial charge in [-0.2, -0.15) is 0 Å². The Hall–Kier alpha value is -3.11. The minimum Gasteiger partial charge on any atom is -0.324 e. The van der Waals surface area contributed by atoms with Crippen molar-refractivity contribution in [3.8, 4) is 0 Å². The molecule has 3 aromatic rings. The van der Waals surface area contributed by atoms with Gasteiger partial charge in [0, 0.05) is 18.7 Å². The molecular formula is C19H18ClN5O4S. The van der Waals surface area contributed by atoms with Crippen LogP contribution < -0.4 is 11.0 Å². The Balaban J connectivity index is 1.66. The van der Waals surface area contributed by atoms with Gasteiger partial charge in [0.1, 0.15) is 0 Å². The van der Waals surface area contributed by atoms with Crippen LogP contribution in [-0.4, -0.2) is 30.8 Å². The van der Waals surface area contributed by atoms with Crippen LogP contribution in [0.5, 0.6) is 0 Å². The minimum absolute atomic E-state index is 0.0642. The molecule has 9 nitrogen and oxygen atoms in total. The fourth-order valence-corrected chi connectivity index (χ4v) is 3.74. The lowest BCUT2D eigenvalue weighted by atomic mass is 10.1. The number of nitrogens with one attached hydrogen (secondary N) is 2. The highest BCUT2D eigenvalue weighted by molar-refractivity contribution is 8.00. The van der Waals surface area contributed by atoms with Crippen molar-refractivity contribution in [3.63, 3.8) is 0 Å². The third-order valence-corrected chi connectivity index (χ3v) is 5.67. The predicted molar refractivity (Wildman–Crippen MR) is 115 cm³/mol. The topological polar surface area (TPSA) is 123 Å². The van der Waals surface area contributed by atoms with Crippen LogP contribution in [0, 0.1) is 10.1 Å². The molecule has 1 aromatic heterocycles. The average Bonchev–Trinajstić information content (AvgIpc) is 3.07. The zero-order valence-electron chi connectivity index (χ0n) is 15.9. The highest BCUT2D eigenvalue weighted by atomic mass is 35.5. The third kappa shape index (κ3) is 5.28. The zero-order valence-corrected chi connectivity index (χ0v) is 17.4. The van der Waals surface area contributed by atoms with Crippen molar-refractivity contribution >= 4 is 40.6 Å². The van der Waals surface area contributed by atoms with Gasteiger partial charge < -0.3 is 5.32 Å². The second-order valence-corrected chi connectivity index (χ2v) is 8.08. The number of anilines is 1. The van der Waals surface area contributed by atoms with Gasteiger partial charge in [-0.05, 0) is 25.0 Å². The molecule has 0 spiro atoms. The molecule has 0 fully saturated rings. The number of thioether (sulfide) groups is 1. The van der Waals surface area contributed by atoms with Crippen molar-refractivity contribution in [1.82, 2.24) is 14.8 Å². The van der Waals surface area contributed by atoms with Crippen LogP contribution in [0.1, 0.15) is 12.5 Å². The number of hydrogen-bond donors (Lipinski definition) is 2. The number of hydrogen-bond acceptors (Lipinski definition) is 6. The summed E-state index contributed by atoms with van der Waals surface area (Å²) in [5, 5.41) is 19.7. The van der Waals surface area contributed by atoms with E-state index in [2.05, 4.69) is 15.5 Å². The molecule has 0 saturated heterocycles. The fourth-order valence-electron chi connectivity index (χ4n) is 2.64. The molecule has 0 radical (unpaired) electrons. The number of nitro benzene ring substituents is 1. The lowest BCUT2D eigenvalue weighted by Crippen LogP contribution is -2.24. The normalized spacial score (nSPS) is 11.8. The zero-order chi connectivity index (χ0) is 21.7. The standard InChI is InChI=1S/C19H18ClN5O4S/c1-12(17(26)21-16-8-7-14(25(28)29)11-15(16)20)30-19-23-22-18(27)24(19)10-9-13-5-3-2-4-6-13/h2-8,11-12H,9-10H2,1H3,(H,21,26)(H,22,27). The lowest BCUT2D eigenvalue weighted by Gasteiger charge is -2.13. The van der Waals surface area contributed by atoms with Gasteiger partial charge in [-0.3, -0.25) is 19.5 Å². The summed E-state index contributed by atoms with van der Waals surface area (Å²) in [5.41, 5.74) is 0.835. The van der Waals surface area contributed by atoms with Crippen molar-refractivity contribution in [2.45, 2.75) is 30.3 Å². The van der Waals surface area contributed by atoms with Crippen LogP contribution in [0.25, 0.3) is 0 Å². The van der Waals surface area contributed by atoms with Gasteiger partial charge in [0.25, 0.3) is 5.69 Å². The molecule has 0 aliphatic heterocycles. The summed E-state index contributed by atoms with van der Waals surface area (Å²) in [6, 6.07) is 13.5. The maximum Gasteiger partial charge on any atom is 0.343 e. The minimum atomic E-state index is -0.595. The Morgan fingerprint density at radius 1 is 1.33 bits per heavy atom. The van der Waals surface area contributed by atoms with Crippen molar-refractivity contribution in [3.05, 3.63) is 79.7 Å². The molecule has 11 heteroatoms. The Morgan fingerprint density at radius 3 is 2.73 bits per heavy atom. The van der Waals surface area contributed by atoms with Crippen LogP contribution in [0.3, 0.4) is 0 Å². The number of carbonyl (C=O) groups excluding carboxylic acids is 1. The number of carbonyl (C=O) groups is 1. The number of non-ortho nitro benzene ring substituents is 1. The molecule has 1 amide bonds. The molecule has 1 atom stereocenters. The summed E-state index contributed by atoms with van der Waals surface area (Å²) in [7, 11) is 0. The number of H-pyrrole nitrogens is 1. The molecule has 0 saturated carbocycles. The summed E-state index contributed by atoms with van der Waals surface area (Å²) >= 11 is 7.15. The van der Waals surface area contributed by atoms with E-state index in [4.69, 9.17) is 11.6 Å². The van der Waals surface area contributed by atoms with E-state index in [-0.39, 0.29) is 28.0 Å². The van der Waals surface area contributed by atoms with Gasteiger partial charge in [-0.1, -0.05) is 53.7 Å². The van der Waals surface area contributed by atoms with Gasteiger partial charge in [0.15, 0.2) is 5.16 Å². The number of nitrogens with zero attached hydrogens (tertiary/aromatic N) is 3. The van der Waals surface area contributed by atoms with E-state index in [0.717, 1.165) is 17.3 Å². The number of nitro groups is 1. The molecule has 3 rings (SSSR count). The van der Waals surface area contributed by atoms with Crippen molar-refractivity contribution < 1.29 is 9.72 Å². The van der Waals surface area contributed by atoms with E-state index in [0.29, 0.717) is 18.1 Å². The Bertz CT molecular complexity index is 1120. The van der Waals surface area contributed by atoms with E-state index >= 15 is 0 Å². The fraction of sp³-hybridized carbons (Fsp3) is 0.211. The molecule has 1 unspecified atom stereocenters.